The third kappa shape index (κ3) is 3.17. The fraction of sp³-hybridized carbons (Fsp3) is 0.684. The summed E-state index contributed by atoms with van der Waals surface area (Å²) in [7, 11) is 0. The van der Waals surface area contributed by atoms with E-state index >= 15 is 0 Å². The molecule has 2 heteroatoms. The minimum absolute atomic E-state index is 0.0615. The first-order valence-electron chi connectivity index (χ1n) is 8.64. The number of aryl methyl sites for hydroxylation is 2. The van der Waals surface area contributed by atoms with Gasteiger partial charge in [-0.05, 0) is 62.8 Å². The first kappa shape index (κ1) is 15.1. The lowest BCUT2D eigenvalue weighted by Gasteiger charge is -2.41. The van der Waals surface area contributed by atoms with Crippen LogP contribution in [-0.2, 0) is 6.54 Å². The van der Waals surface area contributed by atoms with E-state index in [2.05, 4.69) is 36.9 Å². The van der Waals surface area contributed by atoms with Crippen molar-refractivity contribution in [2.24, 2.45) is 5.92 Å². The van der Waals surface area contributed by atoms with Gasteiger partial charge in [-0.15, -0.1) is 0 Å². The molecule has 2 aliphatic rings. The van der Waals surface area contributed by atoms with Gasteiger partial charge in [-0.25, -0.2) is 0 Å². The Hall–Kier alpha value is -0.860. The summed E-state index contributed by atoms with van der Waals surface area (Å²) in [5.74, 6) is 0.509. The van der Waals surface area contributed by atoms with E-state index in [9.17, 15) is 5.11 Å². The molecule has 1 aromatic carbocycles. The monoisotopic (exact) mass is 287 g/mol. The van der Waals surface area contributed by atoms with Crippen LogP contribution in [0.2, 0.25) is 0 Å². The first-order valence-corrected chi connectivity index (χ1v) is 8.64. The molecule has 0 aromatic heterocycles. The van der Waals surface area contributed by atoms with Gasteiger partial charge in [0.15, 0.2) is 0 Å². The third-order valence-electron chi connectivity index (χ3n) is 5.70. The Balaban J connectivity index is 1.78. The highest BCUT2D eigenvalue weighted by atomic mass is 16.3. The van der Waals surface area contributed by atoms with Gasteiger partial charge in [0.05, 0.1) is 6.10 Å². The van der Waals surface area contributed by atoms with E-state index < -0.39 is 0 Å². The highest BCUT2D eigenvalue weighted by Crippen LogP contribution is 2.36. The van der Waals surface area contributed by atoms with Crippen LogP contribution in [0.4, 0.5) is 0 Å². The molecular weight excluding hydrogens is 258 g/mol. The van der Waals surface area contributed by atoms with Gasteiger partial charge < -0.3 is 5.11 Å². The summed E-state index contributed by atoms with van der Waals surface area (Å²) in [5.41, 5.74) is 4.31. The molecule has 0 spiro atoms. The van der Waals surface area contributed by atoms with Crippen LogP contribution < -0.4 is 0 Å². The molecule has 1 N–H and O–H groups in total. The van der Waals surface area contributed by atoms with Crippen molar-refractivity contribution in [3.8, 4) is 0 Å². The quantitative estimate of drug-likeness (QED) is 0.913. The van der Waals surface area contributed by atoms with Crippen molar-refractivity contribution in [2.75, 3.05) is 6.54 Å². The van der Waals surface area contributed by atoms with Crippen molar-refractivity contribution in [3.63, 3.8) is 0 Å². The fourth-order valence-electron chi connectivity index (χ4n) is 4.42. The second kappa shape index (κ2) is 6.50. The summed E-state index contributed by atoms with van der Waals surface area (Å²) in [6.07, 6.45) is 7.29. The minimum Gasteiger partial charge on any atom is -0.393 e. The molecule has 116 valence electrons. The molecule has 3 unspecified atom stereocenters. The third-order valence-corrected chi connectivity index (χ3v) is 5.70. The average Bonchev–Trinajstić information content (AvgIpc) is 2.90. The highest BCUT2D eigenvalue weighted by molar-refractivity contribution is 5.33. The van der Waals surface area contributed by atoms with Crippen LogP contribution in [0.3, 0.4) is 0 Å². The summed E-state index contributed by atoms with van der Waals surface area (Å²) >= 11 is 0. The maximum absolute atomic E-state index is 10.3. The number of aliphatic hydroxyl groups is 1. The van der Waals surface area contributed by atoms with Gasteiger partial charge in [0.25, 0.3) is 0 Å². The Morgan fingerprint density at radius 3 is 2.48 bits per heavy atom. The van der Waals surface area contributed by atoms with Crippen LogP contribution in [0.5, 0.6) is 0 Å². The molecule has 3 atom stereocenters. The molecule has 0 amide bonds. The molecule has 1 saturated heterocycles. The molecule has 21 heavy (non-hydrogen) atoms. The van der Waals surface area contributed by atoms with Gasteiger partial charge in [-0.1, -0.05) is 31.0 Å². The minimum atomic E-state index is -0.0615. The van der Waals surface area contributed by atoms with Gasteiger partial charge in [-0.2, -0.15) is 0 Å². The number of likely N-dealkylation sites (tertiary alicyclic amines) is 1. The molecule has 0 radical (unpaired) electrons. The summed E-state index contributed by atoms with van der Waals surface area (Å²) in [6, 6.07) is 7.20. The van der Waals surface area contributed by atoms with Crippen LogP contribution in [-0.4, -0.2) is 28.7 Å². The van der Waals surface area contributed by atoms with Crippen molar-refractivity contribution < 1.29 is 5.11 Å². The number of benzene rings is 1. The van der Waals surface area contributed by atoms with E-state index in [1.165, 1.54) is 55.3 Å². The Morgan fingerprint density at radius 2 is 1.81 bits per heavy atom. The van der Waals surface area contributed by atoms with Crippen molar-refractivity contribution in [3.05, 3.63) is 34.9 Å². The van der Waals surface area contributed by atoms with Crippen molar-refractivity contribution in [2.45, 2.75) is 71.1 Å². The summed E-state index contributed by atoms with van der Waals surface area (Å²) in [6.45, 7) is 6.71. The Morgan fingerprint density at radius 1 is 1.05 bits per heavy atom. The Kier molecular flexibility index (Phi) is 4.66. The lowest BCUT2D eigenvalue weighted by molar-refractivity contribution is 0.0311. The van der Waals surface area contributed by atoms with Crippen LogP contribution in [0.15, 0.2) is 18.2 Å². The zero-order valence-corrected chi connectivity index (χ0v) is 13.5. The van der Waals surface area contributed by atoms with Gasteiger partial charge in [0.1, 0.15) is 0 Å². The van der Waals surface area contributed by atoms with Gasteiger partial charge in [-0.3, -0.25) is 4.90 Å². The van der Waals surface area contributed by atoms with Crippen molar-refractivity contribution in [1.82, 2.24) is 4.90 Å². The maximum Gasteiger partial charge on any atom is 0.0583 e. The molecule has 1 aromatic rings. The predicted molar refractivity (Wildman–Crippen MR) is 87.3 cm³/mol. The standard InChI is InChI=1S/C19H29NO/c1-14-7-5-8-15(2)17(14)13-20-12-4-3-10-18(20)16-9-6-11-19(16)21/h5,7-8,16,18-19,21H,3-4,6,9-13H2,1-2H3. The number of piperidine rings is 1. The molecule has 1 aliphatic heterocycles. The van der Waals surface area contributed by atoms with E-state index in [1.54, 1.807) is 0 Å². The van der Waals surface area contributed by atoms with Gasteiger partial charge in [0.2, 0.25) is 0 Å². The van der Waals surface area contributed by atoms with Crippen molar-refractivity contribution >= 4 is 0 Å². The molecule has 2 fully saturated rings. The van der Waals surface area contributed by atoms with E-state index in [4.69, 9.17) is 0 Å². The smallest absolute Gasteiger partial charge is 0.0583 e. The normalized spacial score (nSPS) is 30.7. The summed E-state index contributed by atoms with van der Waals surface area (Å²) < 4.78 is 0. The van der Waals surface area contributed by atoms with E-state index in [0.717, 1.165) is 13.0 Å². The Bertz CT molecular complexity index is 464. The number of nitrogens with zero attached hydrogens (tertiary/aromatic N) is 1. The summed E-state index contributed by atoms with van der Waals surface area (Å²) in [5, 5.41) is 10.3. The van der Waals surface area contributed by atoms with Crippen LogP contribution in [0.1, 0.15) is 55.2 Å². The summed E-state index contributed by atoms with van der Waals surface area (Å²) in [4.78, 5) is 2.66. The fourth-order valence-corrected chi connectivity index (χ4v) is 4.42. The maximum atomic E-state index is 10.3. The largest absolute Gasteiger partial charge is 0.393 e. The number of hydrogen-bond acceptors (Lipinski definition) is 2. The van der Waals surface area contributed by atoms with Gasteiger partial charge in [0, 0.05) is 18.5 Å². The molecule has 1 heterocycles. The molecule has 0 bridgehead atoms. The van der Waals surface area contributed by atoms with Crippen LogP contribution in [0.25, 0.3) is 0 Å². The van der Waals surface area contributed by atoms with Crippen LogP contribution in [0, 0.1) is 19.8 Å². The topological polar surface area (TPSA) is 23.5 Å². The zero-order chi connectivity index (χ0) is 14.8. The van der Waals surface area contributed by atoms with E-state index in [0.29, 0.717) is 12.0 Å². The SMILES string of the molecule is Cc1cccc(C)c1CN1CCCCC1C1CCCC1O. The van der Waals surface area contributed by atoms with E-state index in [1.807, 2.05) is 0 Å². The van der Waals surface area contributed by atoms with E-state index in [-0.39, 0.29) is 6.10 Å². The molecule has 3 rings (SSSR count). The zero-order valence-electron chi connectivity index (χ0n) is 13.5. The number of hydrogen-bond donors (Lipinski definition) is 1. The predicted octanol–water partition coefficient (Wildman–Crippen LogP) is 3.82. The number of aliphatic hydroxyl groups excluding tert-OH is 1. The highest BCUT2D eigenvalue weighted by Gasteiger charge is 2.36. The Labute approximate surface area is 129 Å². The lowest BCUT2D eigenvalue weighted by Crippen LogP contribution is -2.46. The van der Waals surface area contributed by atoms with Gasteiger partial charge >= 0.3 is 0 Å². The average molecular weight is 287 g/mol. The lowest BCUT2D eigenvalue weighted by atomic mass is 9.87. The second-order valence-corrected chi connectivity index (χ2v) is 7.07. The number of rotatable bonds is 3. The van der Waals surface area contributed by atoms with Crippen molar-refractivity contribution in [1.29, 1.82) is 0 Å². The second-order valence-electron chi connectivity index (χ2n) is 7.07. The molecular formula is C19H29NO. The molecule has 2 nitrogen and oxygen atoms in total. The molecule has 1 saturated carbocycles. The first-order chi connectivity index (χ1) is 10.2. The van der Waals surface area contributed by atoms with Crippen LogP contribution >= 0.6 is 0 Å². The molecule has 1 aliphatic carbocycles.